The molecule has 1 amide bonds. The highest BCUT2D eigenvalue weighted by atomic mass is 32.1. The van der Waals surface area contributed by atoms with Gasteiger partial charge in [0.15, 0.2) is 5.13 Å². The number of carbonyl (C=O) groups excluding carboxylic acids is 1. The van der Waals surface area contributed by atoms with Crippen LogP contribution in [0.5, 0.6) is 0 Å². The van der Waals surface area contributed by atoms with E-state index in [1.165, 1.54) is 11.3 Å². The van der Waals surface area contributed by atoms with Gasteiger partial charge in [-0.3, -0.25) is 4.79 Å². The van der Waals surface area contributed by atoms with Gasteiger partial charge in [-0.05, 0) is 13.8 Å². The zero-order chi connectivity index (χ0) is 15.0. The molecule has 0 radical (unpaired) electrons. The maximum Gasteiger partial charge on any atom is 0.265 e. The Morgan fingerprint density at radius 1 is 1.45 bits per heavy atom. The molecule has 0 aliphatic heterocycles. The number of hydrogen-bond donors (Lipinski definition) is 3. The average molecular weight is 302 g/mol. The Morgan fingerprint density at radius 3 is 2.75 bits per heavy atom. The van der Waals surface area contributed by atoms with E-state index in [0.29, 0.717) is 18.0 Å². The van der Waals surface area contributed by atoms with Gasteiger partial charge in [-0.2, -0.15) is 0 Å². The van der Waals surface area contributed by atoms with Crippen molar-refractivity contribution in [2.75, 3.05) is 50.1 Å². The number of carbonyl (C=O) groups is 1. The van der Waals surface area contributed by atoms with Crippen LogP contribution in [0.4, 0.5) is 10.9 Å². The van der Waals surface area contributed by atoms with Crippen LogP contribution in [-0.4, -0.2) is 55.5 Å². The molecular formula is C12H22N4O3S. The van der Waals surface area contributed by atoms with Crippen LogP contribution in [-0.2, 0) is 4.74 Å². The van der Waals surface area contributed by atoms with Gasteiger partial charge in [-0.25, -0.2) is 4.98 Å². The van der Waals surface area contributed by atoms with E-state index < -0.39 is 0 Å². The SMILES string of the molecule is CCN(CC)c1nc(N)c(C(=O)NCCOCCO)s1. The molecule has 7 nitrogen and oxygen atoms in total. The molecule has 8 heteroatoms. The Morgan fingerprint density at radius 2 is 2.15 bits per heavy atom. The summed E-state index contributed by atoms with van der Waals surface area (Å²) in [5.74, 6) is 0.0108. The largest absolute Gasteiger partial charge is 0.394 e. The van der Waals surface area contributed by atoms with Crippen LogP contribution in [0.25, 0.3) is 0 Å². The summed E-state index contributed by atoms with van der Waals surface area (Å²) in [5.41, 5.74) is 5.79. The molecule has 0 spiro atoms. The molecular weight excluding hydrogens is 280 g/mol. The summed E-state index contributed by atoms with van der Waals surface area (Å²) in [4.78, 5) is 18.7. The molecule has 0 fully saturated rings. The van der Waals surface area contributed by atoms with Crippen molar-refractivity contribution >= 4 is 28.2 Å². The van der Waals surface area contributed by atoms with Crippen LogP contribution >= 0.6 is 11.3 Å². The van der Waals surface area contributed by atoms with Gasteiger partial charge >= 0.3 is 0 Å². The number of anilines is 2. The number of aromatic nitrogens is 1. The standard InChI is InChI=1S/C12H22N4O3S/c1-3-16(4-2)12-15-10(13)9(20-12)11(18)14-5-7-19-8-6-17/h17H,3-8,13H2,1-2H3,(H,14,18). The van der Waals surface area contributed by atoms with Gasteiger partial charge in [0, 0.05) is 19.6 Å². The lowest BCUT2D eigenvalue weighted by Crippen LogP contribution is -2.27. The lowest BCUT2D eigenvalue weighted by molar-refractivity contribution is 0.0841. The van der Waals surface area contributed by atoms with Crippen molar-refractivity contribution in [3.8, 4) is 0 Å². The minimum atomic E-state index is -0.244. The molecule has 0 bridgehead atoms. The number of nitrogens with one attached hydrogen (secondary N) is 1. The topological polar surface area (TPSA) is 101 Å². The number of aliphatic hydroxyl groups excluding tert-OH is 1. The zero-order valence-electron chi connectivity index (χ0n) is 11.9. The summed E-state index contributed by atoms with van der Waals surface area (Å²) >= 11 is 1.29. The third kappa shape index (κ3) is 4.62. The summed E-state index contributed by atoms with van der Waals surface area (Å²) in [5, 5.41) is 12.0. The van der Waals surface area contributed by atoms with Crippen molar-refractivity contribution in [1.82, 2.24) is 10.3 Å². The molecule has 114 valence electrons. The van der Waals surface area contributed by atoms with Crippen molar-refractivity contribution in [2.24, 2.45) is 0 Å². The van der Waals surface area contributed by atoms with Crippen LogP contribution < -0.4 is 16.0 Å². The molecule has 1 rings (SSSR count). The fraction of sp³-hybridized carbons (Fsp3) is 0.667. The fourth-order valence-electron chi connectivity index (χ4n) is 1.60. The third-order valence-corrected chi connectivity index (χ3v) is 3.78. The quantitative estimate of drug-likeness (QED) is 0.568. The second kappa shape index (κ2) is 8.72. The van der Waals surface area contributed by atoms with Crippen molar-refractivity contribution in [1.29, 1.82) is 0 Å². The first-order valence-electron chi connectivity index (χ1n) is 6.62. The molecule has 4 N–H and O–H groups in total. The Balaban J connectivity index is 2.55. The molecule has 0 aromatic carbocycles. The molecule has 0 saturated carbocycles. The maximum atomic E-state index is 12.0. The van der Waals surface area contributed by atoms with Gasteiger partial charge in [-0.1, -0.05) is 11.3 Å². The van der Waals surface area contributed by atoms with E-state index in [0.717, 1.165) is 18.2 Å². The van der Waals surface area contributed by atoms with Gasteiger partial charge in [0.1, 0.15) is 10.7 Å². The fourth-order valence-corrected chi connectivity index (χ4v) is 2.62. The molecule has 1 aromatic heterocycles. The lowest BCUT2D eigenvalue weighted by atomic mass is 10.4. The molecule has 0 aliphatic carbocycles. The number of thiazole rings is 1. The Bertz CT molecular complexity index is 421. The van der Waals surface area contributed by atoms with Crippen LogP contribution in [0.1, 0.15) is 23.5 Å². The number of nitrogens with two attached hydrogens (primary N) is 1. The van der Waals surface area contributed by atoms with E-state index in [2.05, 4.69) is 10.3 Å². The van der Waals surface area contributed by atoms with Gasteiger partial charge in [0.25, 0.3) is 5.91 Å². The van der Waals surface area contributed by atoms with E-state index in [1.807, 2.05) is 18.7 Å². The van der Waals surface area contributed by atoms with Gasteiger partial charge in [-0.15, -0.1) is 0 Å². The molecule has 0 saturated heterocycles. The molecule has 1 aromatic rings. The Kier molecular flexibility index (Phi) is 7.27. The highest BCUT2D eigenvalue weighted by molar-refractivity contribution is 7.18. The average Bonchev–Trinajstić information content (AvgIpc) is 2.82. The molecule has 0 unspecified atom stereocenters. The van der Waals surface area contributed by atoms with Crippen LogP contribution in [0.3, 0.4) is 0 Å². The van der Waals surface area contributed by atoms with Gasteiger partial charge < -0.3 is 25.8 Å². The third-order valence-electron chi connectivity index (χ3n) is 2.65. The highest BCUT2D eigenvalue weighted by Gasteiger charge is 2.18. The number of nitrogen functional groups attached to an aromatic ring is 1. The molecule has 0 atom stereocenters. The van der Waals surface area contributed by atoms with Crippen molar-refractivity contribution in [2.45, 2.75) is 13.8 Å². The number of rotatable bonds is 9. The van der Waals surface area contributed by atoms with Crippen LogP contribution in [0, 0.1) is 0 Å². The van der Waals surface area contributed by atoms with E-state index in [-0.39, 0.29) is 24.9 Å². The van der Waals surface area contributed by atoms with Gasteiger partial charge in [0.2, 0.25) is 0 Å². The first-order valence-corrected chi connectivity index (χ1v) is 7.43. The van der Waals surface area contributed by atoms with E-state index >= 15 is 0 Å². The van der Waals surface area contributed by atoms with E-state index in [9.17, 15) is 4.79 Å². The number of amides is 1. The van der Waals surface area contributed by atoms with Crippen molar-refractivity contribution in [3.05, 3.63) is 4.88 Å². The summed E-state index contributed by atoms with van der Waals surface area (Å²) < 4.78 is 5.06. The number of aliphatic hydroxyl groups is 1. The van der Waals surface area contributed by atoms with Gasteiger partial charge in [0.05, 0.1) is 19.8 Å². The summed E-state index contributed by atoms with van der Waals surface area (Å²) in [6.07, 6.45) is 0. The summed E-state index contributed by atoms with van der Waals surface area (Å²) in [6, 6.07) is 0. The minimum absolute atomic E-state index is 0.0248. The second-order valence-corrected chi connectivity index (χ2v) is 4.95. The minimum Gasteiger partial charge on any atom is -0.394 e. The van der Waals surface area contributed by atoms with Crippen LogP contribution in [0.2, 0.25) is 0 Å². The predicted molar refractivity (Wildman–Crippen MR) is 80.3 cm³/mol. The summed E-state index contributed by atoms with van der Waals surface area (Å²) in [7, 11) is 0. The van der Waals surface area contributed by atoms with E-state index in [4.69, 9.17) is 15.6 Å². The Labute approximate surface area is 122 Å². The van der Waals surface area contributed by atoms with E-state index in [1.54, 1.807) is 0 Å². The number of nitrogens with zero attached hydrogens (tertiary/aromatic N) is 2. The number of hydrogen-bond acceptors (Lipinski definition) is 7. The summed E-state index contributed by atoms with van der Waals surface area (Å²) in [6.45, 7) is 6.66. The second-order valence-electron chi connectivity index (χ2n) is 3.97. The first kappa shape index (κ1) is 16.7. The normalized spacial score (nSPS) is 10.6. The maximum absolute atomic E-state index is 12.0. The molecule has 1 heterocycles. The molecule has 0 aliphatic rings. The number of ether oxygens (including phenoxy) is 1. The monoisotopic (exact) mass is 302 g/mol. The van der Waals surface area contributed by atoms with Crippen LogP contribution in [0.15, 0.2) is 0 Å². The predicted octanol–water partition coefficient (Wildman–Crippen LogP) is 0.310. The highest BCUT2D eigenvalue weighted by Crippen LogP contribution is 2.27. The van der Waals surface area contributed by atoms with Crippen molar-refractivity contribution < 1.29 is 14.6 Å². The lowest BCUT2D eigenvalue weighted by Gasteiger charge is -2.16. The van der Waals surface area contributed by atoms with Crippen molar-refractivity contribution in [3.63, 3.8) is 0 Å². The smallest absolute Gasteiger partial charge is 0.265 e. The first-order chi connectivity index (χ1) is 9.63. The molecule has 20 heavy (non-hydrogen) atoms. The zero-order valence-corrected chi connectivity index (χ0v) is 12.7. The Hall–Kier alpha value is -1.38.